The number of sulfone groups is 1. The maximum absolute atomic E-state index is 12.9. The molecule has 0 saturated carbocycles. The van der Waals surface area contributed by atoms with Crippen LogP contribution in [-0.4, -0.2) is 36.8 Å². The normalized spacial score (nSPS) is 18.6. The summed E-state index contributed by atoms with van der Waals surface area (Å²) >= 11 is 0. The maximum Gasteiger partial charge on any atom is 0.247 e. The van der Waals surface area contributed by atoms with Gasteiger partial charge in [-0.3, -0.25) is 4.79 Å². The van der Waals surface area contributed by atoms with Crippen molar-refractivity contribution in [3.05, 3.63) is 77.4 Å². The monoisotopic (exact) mass is 397 g/mol. The van der Waals surface area contributed by atoms with Crippen molar-refractivity contribution >= 4 is 21.8 Å². The molecule has 1 fully saturated rings. The van der Waals surface area contributed by atoms with Gasteiger partial charge in [0.25, 0.3) is 0 Å². The van der Waals surface area contributed by atoms with Crippen LogP contribution < -0.4 is 0 Å². The molecule has 1 atom stereocenters. The predicted molar refractivity (Wildman–Crippen MR) is 114 cm³/mol. The average Bonchev–Trinajstić information content (AvgIpc) is 3.05. The summed E-state index contributed by atoms with van der Waals surface area (Å²) in [4.78, 5) is 14.6. The van der Waals surface area contributed by atoms with E-state index in [2.05, 4.69) is 26.0 Å². The van der Waals surface area contributed by atoms with E-state index in [9.17, 15) is 13.2 Å². The van der Waals surface area contributed by atoms with Gasteiger partial charge in [0.2, 0.25) is 5.91 Å². The molecule has 2 aromatic rings. The Bertz CT molecular complexity index is 932. The summed E-state index contributed by atoms with van der Waals surface area (Å²) in [5.41, 5.74) is 3.19. The topological polar surface area (TPSA) is 54.5 Å². The van der Waals surface area contributed by atoms with Gasteiger partial charge in [0, 0.05) is 18.7 Å². The van der Waals surface area contributed by atoms with Crippen molar-refractivity contribution in [2.24, 2.45) is 0 Å². The van der Waals surface area contributed by atoms with Crippen LogP contribution in [0.15, 0.2) is 60.7 Å². The molecule has 0 unspecified atom stereocenters. The van der Waals surface area contributed by atoms with Crippen molar-refractivity contribution in [3.63, 3.8) is 0 Å². The minimum Gasteiger partial charge on any atom is -0.331 e. The standard InChI is InChI=1S/C23H27NO3S/c1-18(2)21-11-8-20(9-12-21)16-24(22-14-15-28(26,27)17-22)23(25)13-10-19-6-4-3-5-7-19/h3-13,18,22H,14-17H2,1-2H3/b13-10+/t22-/m1/s1. The molecule has 5 heteroatoms. The van der Waals surface area contributed by atoms with Gasteiger partial charge in [0.1, 0.15) is 0 Å². The molecule has 0 spiro atoms. The molecule has 1 saturated heterocycles. The maximum atomic E-state index is 12.9. The summed E-state index contributed by atoms with van der Waals surface area (Å²) in [6.07, 6.45) is 3.82. The Hall–Kier alpha value is -2.40. The van der Waals surface area contributed by atoms with E-state index in [0.29, 0.717) is 18.9 Å². The van der Waals surface area contributed by atoms with Crippen LogP contribution in [0.5, 0.6) is 0 Å². The molecule has 0 aromatic heterocycles. The second-order valence-electron chi connectivity index (χ2n) is 7.66. The molecule has 4 nitrogen and oxygen atoms in total. The lowest BCUT2D eigenvalue weighted by atomic mass is 10.0. The van der Waals surface area contributed by atoms with Crippen molar-refractivity contribution in [2.75, 3.05) is 11.5 Å². The largest absolute Gasteiger partial charge is 0.331 e. The predicted octanol–water partition coefficient (Wildman–Crippen LogP) is 4.04. The van der Waals surface area contributed by atoms with Gasteiger partial charge in [-0.15, -0.1) is 0 Å². The summed E-state index contributed by atoms with van der Waals surface area (Å²) in [7, 11) is -3.07. The number of amides is 1. The summed E-state index contributed by atoms with van der Waals surface area (Å²) < 4.78 is 23.9. The van der Waals surface area contributed by atoms with Crippen LogP contribution in [0.2, 0.25) is 0 Å². The first kappa shape index (κ1) is 20.3. The SMILES string of the molecule is CC(C)c1ccc(CN(C(=O)/C=C/c2ccccc2)[C@@H]2CCS(=O)(=O)C2)cc1. The van der Waals surface area contributed by atoms with Crippen molar-refractivity contribution < 1.29 is 13.2 Å². The minimum atomic E-state index is -3.07. The molecule has 0 bridgehead atoms. The van der Waals surface area contributed by atoms with Gasteiger partial charge in [-0.1, -0.05) is 68.4 Å². The molecule has 0 aliphatic carbocycles. The molecule has 0 N–H and O–H groups in total. The Morgan fingerprint density at radius 1 is 1.11 bits per heavy atom. The number of rotatable bonds is 6. The third-order valence-electron chi connectivity index (χ3n) is 5.15. The molecule has 148 valence electrons. The van der Waals surface area contributed by atoms with Crippen LogP contribution in [-0.2, 0) is 21.2 Å². The van der Waals surface area contributed by atoms with Crippen LogP contribution in [0.3, 0.4) is 0 Å². The highest BCUT2D eigenvalue weighted by molar-refractivity contribution is 7.91. The van der Waals surface area contributed by atoms with E-state index < -0.39 is 9.84 Å². The van der Waals surface area contributed by atoms with E-state index in [0.717, 1.165) is 11.1 Å². The molecular formula is C23H27NO3S. The zero-order chi connectivity index (χ0) is 20.1. The second-order valence-corrected chi connectivity index (χ2v) is 9.89. The highest BCUT2D eigenvalue weighted by atomic mass is 32.2. The molecule has 1 aliphatic rings. The Balaban J connectivity index is 1.80. The molecule has 3 rings (SSSR count). The first-order valence-electron chi connectivity index (χ1n) is 9.67. The van der Waals surface area contributed by atoms with E-state index in [1.165, 1.54) is 5.56 Å². The number of hydrogen-bond acceptors (Lipinski definition) is 3. The zero-order valence-corrected chi connectivity index (χ0v) is 17.2. The lowest BCUT2D eigenvalue weighted by Gasteiger charge is -2.27. The Labute approximate surface area is 167 Å². The summed E-state index contributed by atoms with van der Waals surface area (Å²) in [5.74, 6) is 0.484. The van der Waals surface area contributed by atoms with Crippen LogP contribution in [0.4, 0.5) is 0 Å². The van der Waals surface area contributed by atoms with Crippen molar-refractivity contribution in [3.8, 4) is 0 Å². The molecule has 1 heterocycles. The third kappa shape index (κ3) is 5.32. The highest BCUT2D eigenvalue weighted by Gasteiger charge is 2.34. The minimum absolute atomic E-state index is 0.0436. The number of hydrogen-bond donors (Lipinski definition) is 0. The molecule has 28 heavy (non-hydrogen) atoms. The lowest BCUT2D eigenvalue weighted by molar-refractivity contribution is -0.128. The third-order valence-corrected chi connectivity index (χ3v) is 6.90. The van der Waals surface area contributed by atoms with Crippen LogP contribution in [0.25, 0.3) is 6.08 Å². The smallest absolute Gasteiger partial charge is 0.247 e. The van der Waals surface area contributed by atoms with Gasteiger partial charge < -0.3 is 4.90 Å². The van der Waals surface area contributed by atoms with Crippen molar-refractivity contribution in [2.45, 2.75) is 38.8 Å². The fraction of sp³-hybridized carbons (Fsp3) is 0.348. The summed E-state index contributed by atoms with van der Waals surface area (Å²) in [6.45, 7) is 4.70. The van der Waals surface area contributed by atoms with E-state index in [1.807, 2.05) is 42.5 Å². The molecule has 0 radical (unpaired) electrons. The van der Waals surface area contributed by atoms with E-state index in [1.54, 1.807) is 17.1 Å². The molecular weight excluding hydrogens is 370 g/mol. The van der Waals surface area contributed by atoms with Gasteiger partial charge in [-0.25, -0.2) is 8.42 Å². The van der Waals surface area contributed by atoms with Gasteiger partial charge in [0.15, 0.2) is 9.84 Å². The van der Waals surface area contributed by atoms with Crippen LogP contribution in [0, 0.1) is 0 Å². The zero-order valence-electron chi connectivity index (χ0n) is 16.4. The van der Waals surface area contributed by atoms with E-state index in [-0.39, 0.29) is 23.5 Å². The first-order valence-corrected chi connectivity index (χ1v) is 11.5. The fourth-order valence-electron chi connectivity index (χ4n) is 3.44. The quantitative estimate of drug-likeness (QED) is 0.691. The number of carbonyl (C=O) groups is 1. The van der Waals surface area contributed by atoms with E-state index >= 15 is 0 Å². The number of carbonyl (C=O) groups excluding carboxylic acids is 1. The van der Waals surface area contributed by atoms with Crippen LogP contribution >= 0.6 is 0 Å². The molecule has 2 aromatic carbocycles. The van der Waals surface area contributed by atoms with Crippen LogP contribution in [0.1, 0.15) is 42.9 Å². The van der Waals surface area contributed by atoms with Gasteiger partial charge >= 0.3 is 0 Å². The molecule has 1 aliphatic heterocycles. The highest BCUT2D eigenvalue weighted by Crippen LogP contribution is 2.22. The fourth-order valence-corrected chi connectivity index (χ4v) is 5.17. The number of benzene rings is 2. The van der Waals surface area contributed by atoms with Gasteiger partial charge in [-0.05, 0) is 35.1 Å². The summed E-state index contributed by atoms with van der Waals surface area (Å²) in [6, 6.07) is 17.6. The Kier molecular flexibility index (Phi) is 6.35. The van der Waals surface area contributed by atoms with Crippen molar-refractivity contribution in [1.82, 2.24) is 4.90 Å². The van der Waals surface area contributed by atoms with Gasteiger partial charge in [0.05, 0.1) is 11.5 Å². The Morgan fingerprint density at radius 2 is 1.79 bits per heavy atom. The second kappa shape index (κ2) is 8.74. The Morgan fingerprint density at radius 3 is 2.36 bits per heavy atom. The van der Waals surface area contributed by atoms with E-state index in [4.69, 9.17) is 0 Å². The molecule has 1 amide bonds. The van der Waals surface area contributed by atoms with Crippen molar-refractivity contribution in [1.29, 1.82) is 0 Å². The average molecular weight is 398 g/mol. The summed E-state index contributed by atoms with van der Waals surface area (Å²) in [5, 5.41) is 0. The number of nitrogens with zero attached hydrogens (tertiary/aromatic N) is 1. The van der Waals surface area contributed by atoms with Gasteiger partial charge in [-0.2, -0.15) is 0 Å². The lowest BCUT2D eigenvalue weighted by Crippen LogP contribution is -2.39. The first-order chi connectivity index (χ1) is 13.3.